The van der Waals surface area contributed by atoms with Crippen LogP contribution in [0, 0.1) is 5.82 Å². The molecule has 1 aromatic carbocycles. The molecule has 102 valence electrons. The zero-order valence-corrected chi connectivity index (χ0v) is 12.0. The summed E-state index contributed by atoms with van der Waals surface area (Å²) in [5, 5.41) is 5.80. The van der Waals surface area contributed by atoms with Crippen molar-refractivity contribution in [2.75, 3.05) is 17.7 Å². The van der Waals surface area contributed by atoms with Crippen molar-refractivity contribution in [1.82, 2.24) is 19.9 Å². The Morgan fingerprint density at radius 2 is 2.15 bits per heavy atom. The van der Waals surface area contributed by atoms with Crippen molar-refractivity contribution in [2.24, 2.45) is 0 Å². The molecule has 8 heteroatoms. The van der Waals surface area contributed by atoms with Crippen LogP contribution in [0.5, 0.6) is 0 Å². The van der Waals surface area contributed by atoms with E-state index < -0.39 is 0 Å². The molecule has 0 atom stereocenters. The van der Waals surface area contributed by atoms with Crippen LogP contribution in [0.2, 0.25) is 0 Å². The fourth-order valence-corrected chi connectivity index (χ4v) is 2.21. The van der Waals surface area contributed by atoms with Gasteiger partial charge in [0.05, 0.1) is 12.0 Å². The van der Waals surface area contributed by atoms with Gasteiger partial charge in [0.15, 0.2) is 11.5 Å². The van der Waals surface area contributed by atoms with Crippen molar-refractivity contribution < 1.29 is 4.39 Å². The van der Waals surface area contributed by atoms with Gasteiger partial charge in [-0.3, -0.25) is 0 Å². The van der Waals surface area contributed by atoms with Crippen molar-refractivity contribution in [3.8, 4) is 0 Å². The summed E-state index contributed by atoms with van der Waals surface area (Å²) in [5.74, 6) is 0.471. The second-order valence-corrected chi connectivity index (χ2v) is 4.82. The van der Waals surface area contributed by atoms with Crippen LogP contribution in [0.4, 0.5) is 21.8 Å². The number of benzene rings is 1. The number of nitrogens with one attached hydrogen (secondary N) is 3. The second kappa shape index (κ2) is 5.04. The fourth-order valence-electron chi connectivity index (χ4n) is 1.77. The van der Waals surface area contributed by atoms with E-state index in [1.165, 1.54) is 12.4 Å². The molecular weight excluding hydrogens is 327 g/mol. The maximum Gasteiger partial charge on any atom is 0.226 e. The Morgan fingerprint density at radius 1 is 1.30 bits per heavy atom. The van der Waals surface area contributed by atoms with E-state index in [0.717, 1.165) is 0 Å². The van der Waals surface area contributed by atoms with Gasteiger partial charge in [-0.05, 0) is 28.1 Å². The number of halogens is 2. The third-order valence-electron chi connectivity index (χ3n) is 2.72. The predicted molar refractivity (Wildman–Crippen MR) is 78.6 cm³/mol. The lowest BCUT2D eigenvalue weighted by Gasteiger charge is -2.10. The van der Waals surface area contributed by atoms with Gasteiger partial charge < -0.3 is 15.6 Å². The largest absolute Gasteiger partial charge is 0.357 e. The number of fused-ring (bicyclic) bond motifs is 1. The molecule has 0 radical (unpaired) electrons. The van der Waals surface area contributed by atoms with E-state index in [1.54, 1.807) is 19.2 Å². The van der Waals surface area contributed by atoms with Crippen molar-refractivity contribution in [3.63, 3.8) is 0 Å². The van der Waals surface area contributed by atoms with Crippen molar-refractivity contribution in [2.45, 2.75) is 0 Å². The first-order valence-electron chi connectivity index (χ1n) is 5.79. The number of aromatic amines is 1. The average Bonchev–Trinajstić information content (AvgIpc) is 2.91. The van der Waals surface area contributed by atoms with Crippen molar-refractivity contribution >= 4 is 44.5 Å². The van der Waals surface area contributed by atoms with Gasteiger partial charge in [0.25, 0.3) is 0 Å². The molecular formula is C12H10BrFN6. The fraction of sp³-hybridized carbons (Fsp3) is 0.0833. The molecule has 0 saturated heterocycles. The standard InChI is InChI=1S/C12H10BrFN6/c1-15-12-19-10-9(16-5-17-10)11(20-12)18-8-6(13)3-2-4-7(8)14/h2-5H,1H3,(H3,15,16,17,18,19,20). The summed E-state index contributed by atoms with van der Waals surface area (Å²) in [6.45, 7) is 0. The highest BCUT2D eigenvalue weighted by Crippen LogP contribution is 2.30. The smallest absolute Gasteiger partial charge is 0.226 e. The average molecular weight is 337 g/mol. The maximum atomic E-state index is 13.9. The van der Waals surface area contributed by atoms with Gasteiger partial charge in [0.1, 0.15) is 11.3 Å². The Morgan fingerprint density at radius 3 is 2.90 bits per heavy atom. The third-order valence-corrected chi connectivity index (χ3v) is 3.38. The monoisotopic (exact) mass is 336 g/mol. The molecule has 0 fully saturated rings. The van der Waals surface area contributed by atoms with Gasteiger partial charge in [-0.15, -0.1) is 0 Å². The number of anilines is 3. The summed E-state index contributed by atoms with van der Waals surface area (Å²) in [6, 6.07) is 4.74. The minimum atomic E-state index is -0.378. The lowest BCUT2D eigenvalue weighted by Crippen LogP contribution is -2.03. The first kappa shape index (κ1) is 12.8. The lowest BCUT2D eigenvalue weighted by molar-refractivity contribution is 0.631. The van der Waals surface area contributed by atoms with E-state index >= 15 is 0 Å². The summed E-state index contributed by atoms with van der Waals surface area (Å²) in [4.78, 5) is 15.5. The zero-order valence-electron chi connectivity index (χ0n) is 10.4. The van der Waals surface area contributed by atoms with Gasteiger partial charge in [0.2, 0.25) is 5.95 Å². The van der Waals surface area contributed by atoms with E-state index in [4.69, 9.17) is 0 Å². The van der Waals surface area contributed by atoms with Gasteiger partial charge in [-0.2, -0.15) is 9.97 Å². The molecule has 0 amide bonds. The van der Waals surface area contributed by atoms with Crippen LogP contribution in [0.1, 0.15) is 0 Å². The molecule has 0 aliphatic rings. The van der Waals surface area contributed by atoms with E-state index in [-0.39, 0.29) is 5.82 Å². The summed E-state index contributed by atoms with van der Waals surface area (Å²) >= 11 is 3.31. The SMILES string of the molecule is CNc1nc(Nc2c(F)cccc2Br)c2[nH]cnc2n1. The first-order valence-corrected chi connectivity index (χ1v) is 6.58. The number of H-pyrrole nitrogens is 1. The lowest BCUT2D eigenvalue weighted by atomic mass is 10.3. The van der Waals surface area contributed by atoms with Crippen LogP contribution >= 0.6 is 15.9 Å². The van der Waals surface area contributed by atoms with E-state index in [2.05, 4.69) is 46.5 Å². The Balaban J connectivity index is 2.12. The zero-order chi connectivity index (χ0) is 14.1. The molecule has 3 aromatic rings. The Bertz CT molecular complexity index is 751. The topological polar surface area (TPSA) is 78.5 Å². The number of nitrogens with zero attached hydrogens (tertiary/aromatic N) is 3. The highest BCUT2D eigenvalue weighted by molar-refractivity contribution is 9.10. The molecule has 2 aromatic heterocycles. The van der Waals surface area contributed by atoms with Crippen molar-refractivity contribution in [3.05, 3.63) is 34.8 Å². The summed E-state index contributed by atoms with van der Waals surface area (Å²) in [7, 11) is 1.70. The quantitative estimate of drug-likeness (QED) is 0.685. The van der Waals surface area contributed by atoms with Crippen LogP contribution in [0.15, 0.2) is 29.0 Å². The normalized spacial score (nSPS) is 10.8. The first-order chi connectivity index (χ1) is 9.69. The molecule has 0 unspecified atom stereocenters. The maximum absolute atomic E-state index is 13.9. The number of hydrogen-bond acceptors (Lipinski definition) is 5. The summed E-state index contributed by atoms with van der Waals surface area (Å²) in [5.41, 5.74) is 1.42. The highest BCUT2D eigenvalue weighted by Gasteiger charge is 2.13. The van der Waals surface area contributed by atoms with Gasteiger partial charge in [-0.1, -0.05) is 6.07 Å². The molecule has 0 aliphatic carbocycles. The minimum absolute atomic E-state index is 0.309. The van der Waals surface area contributed by atoms with Crippen molar-refractivity contribution in [1.29, 1.82) is 0 Å². The van der Waals surface area contributed by atoms with Crippen LogP contribution in [0.3, 0.4) is 0 Å². The highest BCUT2D eigenvalue weighted by atomic mass is 79.9. The Labute approximate surface area is 122 Å². The van der Waals surface area contributed by atoms with Crippen LogP contribution in [0.25, 0.3) is 11.2 Å². The van der Waals surface area contributed by atoms with Gasteiger partial charge in [-0.25, -0.2) is 9.37 Å². The number of imidazole rings is 1. The second-order valence-electron chi connectivity index (χ2n) is 3.97. The minimum Gasteiger partial charge on any atom is -0.357 e. The van der Waals surface area contributed by atoms with Gasteiger partial charge in [0, 0.05) is 11.5 Å². The van der Waals surface area contributed by atoms with E-state index in [9.17, 15) is 4.39 Å². The Kier molecular flexibility index (Phi) is 3.23. The molecule has 3 rings (SSSR count). The number of para-hydroxylation sites is 1. The Hall–Kier alpha value is -2.22. The predicted octanol–water partition coefficient (Wildman–Crippen LogP) is 3.04. The number of hydrogen-bond donors (Lipinski definition) is 3. The van der Waals surface area contributed by atoms with E-state index in [0.29, 0.717) is 33.1 Å². The van der Waals surface area contributed by atoms with Gasteiger partial charge >= 0.3 is 0 Å². The molecule has 2 heterocycles. The molecule has 0 aliphatic heterocycles. The van der Waals surface area contributed by atoms with E-state index in [1.807, 2.05) is 0 Å². The van der Waals surface area contributed by atoms with Crippen LogP contribution < -0.4 is 10.6 Å². The molecule has 20 heavy (non-hydrogen) atoms. The molecule has 3 N–H and O–H groups in total. The number of aromatic nitrogens is 4. The molecule has 6 nitrogen and oxygen atoms in total. The summed E-state index contributed by atoms with van der Waals surface area (Å²) in [6.07, 6.45) is 1.51. The third kappa shape index (κ3) is 2.18. The van der Waals surface area contributed by atoms with Crippen LogP contribution in [-0.4, -0.2) is 27.0 Å². The molecule has 0 spiro atoms. The van der Waals surface area contributed by atoms with Crippen LogP contribution in [-0.2, 0) is 0 Å². The molecule has 0 saturated carbocycles. The molecule has 0 bridgehead atoms. The number of rotatable bonds is 3. The summed E-state index contributed by atoms with van der Waals surface area (Å²) < 4.78 is 14.5.